The summed E-state index contributed by atoms with van der Waals surface area (Å²) in [6.07, 6.45) is 5.66. The summed E-state index contributed by atoms with van der Waals surface area (Å²) in [5.41, 5.74) is 3.28. The molecule has 1 heterocycles. The second-order valence-electron chi connectivity index (χ2n) is 4.03. The Morgan fingerprint density at radius 2 is 1.23 bits per heavy atom. The average Bonchev–Trinajstić information content (AvgIpc) is 2.47. The highest BCUT2D eigenvalue weighted by Crippen LogP contribution is 2.56. The maximum Gasteiger partial charge on any atom is 0.0748 e. The summed E-state index contributed by atoms with van der Waals surface area (Å²) in [7, 11) is 0. The second kappa shape index (κ2) is 3.07. The van der Waals surface area contributed by atoms with E-state index in [2.05, 4.69) is 31.9 Å². The van der Waals surface area contributed by atoms with Crippen LogP contribution in [0.2, 0.25) is 0 Å². The monoisotopic (exact) mass is 320 g/mol. The molecule has 13 heavy (non-hydrogen) atoms. The largest absolute Gasteiger partial charge is 0.121 e. The second-order valence-corrected chi connectivity index (χ2v) is 7.68. The Bertz CT molecular complexity index is 316. The van der Waals surface area contributed by atoms with Gasteiger partial charge in [0.25, 0.3) is 0 Å². The van der Waals surface area contributed by atoms with Gasteiger partial charge in [-0.25, -0.2) is 0 Å². The predicted octanol–water partition coefficient (Wildman–Crippen LogP) is 5.03. The molecule has 70 valence electrons. The van der Waals surface area contributed by atoms with Crippen LogP contribution in [0.3, 0.4) is 0 Å². The Labute approximate surface area is 99.0 Å². The molecule has 3 aliphatic rings. The van der Waals surface area contributed by atoms with Crippen molar-refractivity contribution in [2.24, 2.45) is 0 Å². The molecule has 0 radical (unpaired) electrons. The lowest BCUT2D eigenvalue weighted by Crippen LogP contribution is -2.20. The Kier molecular flexibility index (Phi) is 2.11. The zero-order chi connectivity index (χ0) is 9.00. The highest BCUT2D eigenvalue weighted by molar-refractivity contribution is 9.12. The first kappa shape index (κ1) is 8.93. The van der Waals surface area contributed by atoms with Crippen LogP contribution in [0.4, 0.5) is 0 Å². The maximum absolute atomic E-state index is 3.69. The maximum atomic E-state index is 3.69. The lowest BCUT2D eigenvalue weighted by Gasteiger charge is -2.36. The summed E-state index contributed by atoms with van der Waals surface area (Å²) in [6, 6.07) is 0. The van der Waals surface area contributed by atoms with E-state index >= 15 is 0 Å². The lowest BCUT2D eigenvalue weighted by molar-refractivity contribution is 0.359. The highest BCUT2D eigenvalue weighted by Gasteiger charge is 2.37. The summed E-state index contributed by atoms with van der Waals surface area (Å²) in [5, 5.41) is 0. The normalized spacial score (nSPS) is 30.6. The van der Waals surface area contributed by atoms with Gasteiger partial charge in [0, 0.05) is 0 Å². The van der Waals surface area contributed by atoms with Crippen LogP contribution in [0.15, 0.2) is 7.57 Å². The SMILES string of the molecule is Brc1sc(Br)c2c1C1CCC2CC1. The van der Waals surface area contributed by atoms with Crippen LogP contribution in [0.25, 0.3) is 0 Å². The molecule has 1 aromatic rings. The Hall–Kier alpha value is 0.660. The minimum Gasteiger partial charge on any atom is -0.121 e. The van der Waals surface area contributed by atoms with Crippen LogP contribution in [0.1, 0.15) is 48.6 Å². The predicted molar refractivity (Wildman–Crippen MR) is 63.7 cm³/mol. The van der Waals surface area contributed by atoms with Gasteiger partial charge in [-0.05, 0) is 80.5 Å². The van der Waals surface area contributed by atoms with Crippen LogP contribution in [-0.4, -0.2) is 0 Å². The van der Waals surface area contributed by atoms with E-state index in [1.807, 2.05) is 11.3 Å². The van der Waals surface area contributed by atoms with E-state index in [4.69, 9.17) is 0 Å². The van der Waals surface area contributed by atoms with Gasteiger partial charge in [-0.1, -0.05) is 0 Å². The first-order valence-electron chi connectivity index (χ1n) is 4.75. The topological polar surface area (TPSA) is 0 Å². The van der Waals surface area contributed by atoms with E-state index in [0.29, 0.717) is 0 Å². The molecule has 0 unspecified atom stereocenters. The zero-order valence-electron chi connectivity index (χ0n) is 7.15. The third-order valence-corrected chi connectivity index (χ3v) is 6.06. The Morgan fingerprint density at radius 1 is 0.846 bits per heavy atom. The third-order valence-electron chi connectivity index (χ3n) is 3.44. The van der Waals surface area contributed by atoms with E-state index in [1.54, 1.807) is 11.1 Å². The van der Waals surface area contributed by atoms with E-state index in [9.17, 15) is 0 Å². The van der Waals surface area contributed by atoms with Gasteiger partial charge in [0.1, 0.15) is 0 Å². The van der Waals surface area contributed by atoms with E-state index in [0.717, 1.165) is 11.8 Å². The molecule has 0 aliphatic heterocycles. The van der Waals surface area contributed by atoms with Gasteiger partial charge < -0.3 is 0 Å². The number of hydrogen-bond acceptors (Lipinski definition) is 1. The molecule has 0 N–H and O–H groups in total. The number of rotatable bonds is 0. The zero-order valence-corrected chi connectivity index (χ0v) is 11.1. The van der Waals surface area contributed by atoms with Crippen LogP contribution in [0, 0.1) is 0 Å². The minimum absolute atomic E-state index is 0.858. The molecule has 1 saturated carbocycles. The van der Waals surface area contributed by atoms with Crippen molar-refractivity contribution in [3.8, 4) is 0 Å². The molecule has 1 aromatic heterocycles. The molecule has 0 amide bonds. The fraction of sp³-hybridized carbons (Fsp3) is 0.600. The smallest absolute Gasteiger partial charge is 0.0748 e. The van der Waals surface area contributed by atoms with Crippen molar-refractivity contribution in [1.29, 1.82) is 0 Å². The molecule has 0 saturated heterocycles. The van der Waals surface area contributed by atoms with E-state index in [-0.39, 0.29) is 0 Å². The van der Waals surface area contributed by atoms with Crippen LogP contribution < -0.4 is 0 Å². The number of fused-ring (bicyclic) bond motifs is 2. The summed E-state index contributed by atoms with van der Waals surface area (Å²) >= 11 is 9.25. The Morgan fingerprint density at radius 3 is 1.62 bits per heavy atom. The van der Waals surface area contributed by atoms with Gasteiger partial charge >= 0.3 is 0 Å². The van der Waals surface area contributed by atoms with Crippen LogP contribution >= 0.6 is 43.2 Å². The number of thiophene rings is 1. The van der Waals surface area contributed by atoms with Crippen molar-refractivity contribution in [1.82, 2.24) is 0 Å². The van der Waals surface area contributed by atoms with Crippen molar-refractivity contribution in [2.45, 2.75) is 37.5 Å². The average molecular weight is 322 g/mol. The summed E-state index contributed by atoms with van der Waals surface area (Å²) < 4.78 is 2.76. The van der Waals surface area contributed by atoms with Crippen molar-refractivity contribution in [3.05, 3.63) is 18.7 Å². The summed E-state index contributed by atoms with van der Waals surface area (Å²) in [5.74, 6) is 1.72. The van der Waals surface area contributed by atoms with Gasteiger partial charge in [0.15, 0.2) is 0 Å². The van der Waals surface area contributed by atoms with Gasteiger partial charge in [0.2, 0.25) is 0 Å². The molecular weight excluding hydrogens is 312 g/mol. The lowest BCUT2D eigenvalue weighted by atomic mass is 9.69. The molecule has 4 rings (SSSR count). The molecule has 3 heteroatoms. The third kappa shape index (κ3) is 1.20. The fourth-order valence-electron chi connectivity index (χ4n) is 2.83. The number of hydrogen-bond donors (Lipinski definition) is 0. The first-order chi connectivity index (χ1) is 6.27. The van der Waals surface area contributed by atoms with Crippen molar-refractivity contribution in [2.75, 3.05) is 0 Å². The summed E-state index contributed by atoms with van der Waals surface area (Å²) in [4.78, 5) is 0. The molecule has 0 aromatic carbocycles. The van der Waals surface area contributed by atoms with Gasteiger partial charge in [-0.2, -0.15) is 0 Å². The quantitative estimate of drug-likeness (QED) is 0.629. The molecule has 0 nitrogen and oxygen atoms in total. The van der Waals surface area contributed by atoms with Gasteiger partial charge in [-0.15, -0.1) is 11.3 Å². The van der Waals surface area contributed by atoms with Crippen molar-refractivity contribution in [3.63, 3.8) is 0 Å². The molecule has 1 fully saturated rings. The highest BCUT2D eigenvalue weighted by atomic mass is 79.9. The fourth-order valence-corrected chi connectivity index (χ4v) is 6.46. The van der Waals surface area contributed by atoms with Gasteiger partial charge in [-0.3, -0.25) is 0 Å². The van der Waals surface area contributed by atoms with Crippen LogP contribution in [-0.2, 0) is 0 Å². The minimum atomic E-state index is 0.858. The van der Waals surface area contributed by atoms with Crippen LogP contribution in [0.5, 0.6) is 0 Å². The standard InChI is InChI=1S/C10H10Br2S/c11-9-7-5-1-2-6(4-3-5)8(7)10(12)13-9/h5-6H,1-4H2. The number of halogens is 2. The Balaban J connectivity index is 2.25. The van der Waals surface area contributed by atoms with Crippen molar-refractivity contribution >= 4 is 43.2 Å². The van der Waals surface area contributed by atoms with Gasteiger partial charge in [0.05, 0.1) is 7.57 Å². The molecule has 2 bridgehead atoms. The molecular formula is C10H10Br2S. The first-order valence-corrected chi connectivity index (χ1v) is 7.15. The molecule has 0 spiro atoms. The van der Waals surface area contributed by atoms with Crippen molar-refractivity contribution < 1.29 is 0 Å². The molecule has 0 atom stereocenters. The van der Waals surface area contributed by atoms with E-state index in [1.165, 1.54) is 33.3 Å². The van der Waals surface area contributed by atoms with E-state index < -0.39 is 0 Å². The summed E-state index contributed by atoms with van der Waals surface area (Å²) in [6.45, 7) is 0. The molecule has 3 aliphatic carbocycles.